The largest absolute Gasteiger partial charge is 0.497 e. The Hall–Kier alpha value is -2.08. The highest BCUT2D eigenvalue weighted by molar-refractivity contribution is 5.92. The molecular weight excluding hydrogens is 378 g/mol. The van der Waals surface area contributed by atoms with E-state index in [0.29, 0.717) is 16.9 Å². The second-order valence-corrected chi connectivity index (χ2v) is 10.0. The fourth-order valence-corrected chi connectivity index (χ4v) is 6.60. The van der Waals surface area contributed by atoms with Crippen molar-refractivity contribution >= 4 is 17.5 Å². The Morgan fingerprint density at radius 2 is 1.70 bits per heavy atom. The smallest absolute Gasteiger partial charge is 0.238 e. The fraction of sp³-hybridized carbons (Fsp3) is 0.667. The van der Waals surface area contributed by atoms with Crippen LogP contribution in [0.4, 0.5) is 5.69 Å². The third kappa shape index (κ3) is 4.64. The Morgan fingerprint density at radius 1 is 1.10 bits per heavy atom. The van der Waals surface area contributed by atoms with Gasteiger partial charge in [-0.3, -0.25) is 14.5 Å². The number of hydrogen-bond acceptors (Lipinski definition) is 4. The molecule has 4 saturated carbocycles. The Kier molecular flexibility index (Phi) is 6.05. The van der Waals surface area contributed by atoms with Crippen molar-refractivity contribution in [2.75, 3.05) is 32.6 Å². The molecule has 6 nitrogen and oxygen atoms in total. The van der Waals surface area contributed by atoms with Crippen molar-refractivity contribution in [3.05, 3.63) is 24.3 Å². The summed E-state index contributed by atoms with van der Waals surface area (Å²) in [5.41, 5.74) is 0.986. The lowest BCUT2D eigenvalue weighted by Gasteiger charge is -2.59. The minimum Gasteiger partial charge on any atom is -0.497 e. The molecule has 5 rings (SSSR count). The SMILES string of the molecule is COc1cccc(NC(=O)CN(C)CC(=O)N[C@H](C)C23CC4CC(CC(C4)C2)C3)c1. The molecule has 0 aromatic heterocycles. The van der Waals surface area contributed by atoms with E-state index in [9.17, 15) is 9.59 Å². The van der Waals surface area contributed by atoms with Gasteiger partial charge in [-0.1, -0.05) is 6.07 Å². The van der Waals surface area contributed by atoms with E-state index in [1.54, 1.807) is 25.1 Å². The van der Waals surface area contributed by atoms with Crippen molar-refractivity contribution in [2.45, 2.75) is 51.5 Å². The van der Waals surface area contributed by atoms with Crippen LogP contribution in [-0.4, -0.2) is 50.0 Å². The zero-order chi connectivity index (χ0) is 21.3. The fourth-order valence-electron chi connectivity index (χ4n) is 6.60. The summed E-state index contributed by atoms with van der Waals surface area (Å²) in [6, 6.07) is 7.46. The molecule has 4 fully saturated rings. The standard InChI is InChI=1S/C24H35N3O3/c1-16(24-11-17-7-18(12-24)9-19(8-17)13-24)25-22(28)14-27(2)15-23(29)26-20-5-4-6-21(10-20)30-3/h4-6,10,16-19H,7-9,11-15H2,1-3H3,(H,25,28)(H,26,29)/t16-,17?,18?,19?,24?/m1/s1. The number of hydrogen-bond donors (Lipinski definition) is 2. The summed E-state index contributed by atoms with van der Waals surface area (Å²) in [6.07, 6.45) is 8.05. The van der Waals surface area contributed by atoms with Crippen molar-refractivity contribution in [3.63, 3.8) is 0 Å². The number of anilines is 1. The van der Waals surface area contributed by atoms with Crippen LogP contribution in [-0.2, 0) is 9.59 Å². The van der Waals surface area contributed by atoms with E-state index in [-0.39, 0.29) is 30.9 Å². The van der Waals surface area contributed by atoms with Crippen LogP contribution >= 0.6 is 0 Å². The second kappa shape index (κ2) is 8.58. The third-order valence-electron chi connectivity index (χ3n) is 7.56. The number of rotatable bonds is 8. The Bertz CT molecular complexity index is 758. The van der Waals surface area contributed by atoms with Crippen LogP contribution in [0.15, 0.2) is 24.3 Å². The maximum Gasteiger partial charge on any atom is 0.238 e. The van der Waals surface area contributed by atoms with Gasteiger partial charge in [-0.05, 0) is 87.8 Å². The quantitative estimate of drug-likeness (QED) is 0.686. The number of methoxy groups -OCH3 is 1. The third-order valence-corrected chi connectivity index (χ3v) is 7.56. The monoisotopic (exact) mass is 413 g/mol. The summed E-state index contributed by atoms with van der Waals surface area (Å²) in [5.74, 6) is 3.18. The van der Waals surface area contributed by atoms with Crippen molar-refractivity contribution in [2.24, 2.45) is 23.2 Å². The van der Waals surface area contributed by atoms with Gasteiger partial charge in [0.1, 0.15) is 5.75 Å². The van der Waals surface area contributed by atoms with E-state index < -0.39 is 0 Å². The van der Waals surface area contributed by atoms with Gasteiger partial charge in [-0.15, -0.1) is 0 Å². The molecule has 0 saturated heterocycles. The summed E-state index contributed by atoms with van der Waals surface area (Å²) >= 11 is 0. The van der Waals surface area contributed by atoms with Gasteiger partial charge in [-0.25, -0.2) is 0 Å². The predicted molar refractivity (Wildman–Crippen MR) is 117 cm³/mol. The van der Waals surface area contributed by atoms with Crippen LogP contribution in [0.2, 0.25) is 0 Å². The normalized spacial score (nSPS) is 30.2. The van der Waals surface area contributed by atoms with Crippen LogP contribution in [0, 0.1) is 23.2 Å². The second-order valence-electron chi connectivity index (χ2n) is 10.0. The molecule has 4 aliphatic rings. The van der Waals surface area contributed by atoms with Crippen molar-refractivity contribution in [3.8, 4) is 5.75 Å². The highest BCUT2D eigenvalue weighted by Crippen LogP contribution is 2.61. The summed E-state index contributed by atoms with van der Waals surface area (Å²) in [5, 5.41) is 6.14. The summed E-state index contributed by atoms with van der Waals surface area (Å²) in [6.45, 7) is 2.58. The lowest BCUT2D eigenvalue weighted by atomic mass is 9.48. The van der Waals surface area contributed by atoms with E-state index >= 15 is 0 Å². The van der Waals surface area contributed by atoms with E-state index in [2.05, 4.69) is 17.6 Å². The van der Waals surface area contributed by atoms with Gasteiger partial charge in [0.15, 0.2) is 0 Å². The average molecular weight is 414 g/mol. The first-order valence-electron chi connectivity index (χ1n) is 11.3. The molecule has 2 N–H and O–H groups in total. The van der Waals surface area contributed by atoms with Gasteiger partial charge in [-0.2, -0.15) is 0 Å². The van der Waals surface area contributed by atoms with E-state index in [4.69, 9.17) is 4.74 Å². The highest BCUT2D eigenvalue weighted by atomic mass is 16.5. The molecule has 1 atom stereocenters. The summed E-state index contributed by atoms with van der Waals surface area (Å²) in [4.78, 5) is 26.8. The predicted octanol–water partition coefficient (Wildman–Crippen LogP) is 3.29. The molecule has 164 valence electrons. The van der Waals surface area contributed by atoms with Gasteiger partial charge < -0.3 is 15.4 Å². The van der Waals surface area contributed by atoms with E-state index in [0.717, 1.165) is 17.8 Å². The molecule has 0 aliphatic heterocycles. The molecule has 1 aromatic rings. The topological polar surface area (TPSA) is 70.7 Å². The van der Waals surface area contributed by atoms with Crippen molar-refractivity contribution in [1.29, 1.82) is 0 Å². The lowest BCUT2D eigenvalue weighted by Crippen LogP contribution is -2.56. The number of likely N-dealkylation sites (N-methyl/N-ethyl adjacent to an activating group) is 1. The number of ether oxygens (including phenoxy) is 1. The Morgan fingerprint density at radius 3 is 2.30 bits per heavy atom. The number of nitrogens with zero attached hydrogens (tertiary/aromatic N) is 1. The maximum absolute atomic E-state index is 12.7. The lowest BCUT2D eigenvalue weighted by molar-refractivity contribution is -0.127. The summed E-state index contributed by atoms with van der Waals surface area (Å²) < 4.78 is 5.18. The number of carbonyl (C=O) groups is 2. The Labute approximate surface area is 179 Å². The maximum atomic E-state index is 12.7. The van der Waals surface area contributed by atoms with Gasteiger partial charge in [0, 0.05) is 17.8 Å². The molecule has 0 spiro atoms. The summed E-state index contributed by atoms with van der Waals surface area (Å²) in [7, 11) is 3.40. The number of benzene rings is 1. The van der Waals surface area contributed by atoms with Crippen LogP contribution in [0.1, 0.15) is 45.4 Å². The van der Waals surface area contributed by atoms with E-state index in [1.807, 2.05) is 18.2 Å². The molecule has 2 amide bonds. The van der Waals surface area contributed by atoms with Crippen LogP contribution in [0.3, 0.4) is 0 Å². The molecule has 4 bridgehead atoms. The molecule has 30 heavy (non-hydrogen) atoms. The molecule has 4 aliphatic carbocycles. The average Bonchev–Trinajstić information content (AvgIpc) is 2.66. The van der Waals surface area contributed by atoms with Gasteiger partial charge >= 0.3 is 0 Å². The number of amides is 2. The van der Waals surface area contributed by atoms with Crippen LogP contribution < -0.4 is 15.4 Å². The van der Waals surface area contributed by atoms with Crippen molar-refractivity contribution in [1.82, 2.24) is 10.2 Å². The number of nitrogens with one attached hydrogen (secondary N) is 2. The zero-order valence-electron chi connectivity index (χ0n) is 18.4. The first kappa shape index (κ1) is 21.2. The molecule has 0 unspecified atom stereocenters. The molecule has 0 radical (unpaired) electrons. The first-order valence-corrected chi connectivity index (χ1v) is 11.3. The Balaban J connectivity index is 1.25. The molecule has 6 heteroatoms. The molecule has 0 heterocycles. The van der Waals surface area contributed by atoms with E-state index in [1.165, 1.54) is 38.5 Å². The molecular formula is C24H35N3O3. The minimum atomic E-state index is -0.146. The zero-order valence-corrected chi connectivity index (χ0v) is 18.4. The molecule has 1 aromatic carbocycles. The van der Waals surface area contributed by atoms with Gasteiger partial charge in [0.05, 0.1) is 20.2 Å². The number of carbonyl (C=O) groups excluding carboxylic acids is 2. The highest BCUT2D eigenvalue weighted by Gasteiger charge is 2.53. The van der Waals surface area contributed by atoms with Gasteiger partial charge in [0.2, 0.25) is 11.8 Å². The van der Waals surface area contributed by atoms with Crippen LogP contribution in [0.25, 0.3) is 0 Å². The van der Waals surface area contributed by atoms with Crippen molar-refractivity contribution < 1.29 is 14.3 Å². The first-order chi connectivity index (χ1) is 14.3. The minimum absolute atomic E-state index is 0.00919. The van der Waals surface area contributed by atoms with Gasteiger partial charge in [0.25, 0.3) is 0 Å². The van der Waals surface area contributed by atoms with Crippen LogP contribution in [0.5, 0.6) is 5.75 Å².